The fourth-order valence-corrected chi connectivity index (χ4v) is 3.84. The molecular formula is C20H29N3O4. The number of hydrogen-bond donors (Lipinski definition) is 2. The number of nitrogens with one attached hydrogen (secondary N) is 1. The summed E-state index contributed by atoms with van der Waals surface area (Å²) >= 11 is 0. The fraction of sp³-hybridized carbons (Fsp3) is 0.600. The largest absolute Gasteiger partial charge is 0.497 e. The molecule has 2 saturated heterocycles. The zero-order chi connectivity index (χ0) is 19.2. The normalized spacial score (nSPS) is 21.8. The molecule has 2 N–H and O–H groups in total. The van der Waals surface area contributed by atoms with Crippen molar-refractivity contribution in [3.8, 4) is 5.75 Å². The van der Waals surface area contributed by atoms with Crippen molar-refractivity contribution in [3.05, 3.63) is 29.8 Å². The molecule has 2 fully saturated rings. The first-order valence-corrected chi connectivity index (χ1v) is 9.64. The minimum Gasteiger partial charge on any atom is -0.497 e. The lowest BCUT2D eigenvalue weighted by Gasteiger charge is -2.37. The van der Waals surface area contributed by atoms with Gasteiger partial charge in [0.25, 0.3) is 0 Å². The average Bonchev–Trinajstić information content (AvgIpc) is 2.70. The minimum atomic E-state index is -0.451. The molecule has 3 rings (SSSR count). The second-order valence-corrected chi connectivity index (χ2v) is 7.34. The summed E-state index contributed by atoms with van der Waals surface area (Å²) in [5.41, 5.74) is 1.06. The van der Waals surface area contributed by atoms with Crippen LogP contribution in [0, 0.1) is 5.92 Å². The second kappa shape index (κ2) is 9.19. The van der Waals surface area contributed by atoms with Crippen LogP contribution >= 0.6 is 0 Å². The quantitative estimate of drug-likeness (QED) is 0.762. The van der Waals surface area contributed by atoms with E-state index in [9.17, 15) is 14.7 Å². The topological polar surface area (TPSA) is 82.1 Å². The summed E-state index contributed by atoms with van der Waals surface area (Å²) in [4.78, 5) is 29.1. The smallest absolute Gasteiger partial charge is 0.237 e. The fourth-order valence-electron chi connectivity index (χ4n) is 3.84. The number of methoxy groups -OCH3 is 1. The van der Waals surface area contributed by atoms with E-state index >= 15 is 0 Å². The van der Waals surface area contributed by atoms with Gasteiger partial charge < -0.3 is 20.1 Å². The molecule has 0 aliphatic carbocycles. The molecule has 7 nitrogen and oxygen atoms in total. The van der Waals surface area contributed by atoms with Gasteiger partial charge in [-0.15, -0.1) is 0 Å². The van der Waals surface area contributed by atoms with Gasteiger partial charge in [-0.2, -0.15) is 0 Å². The Bertz CT molecular complexity index is 658. The van der Waals surface area contributed by atoms with Gasteiger partial charge in [-0.1, -0.05) is 12.1 Å². The van der Waals surface area contributed by atoms with Crippen LogP contribution in [0.5, 0.6) is 5.75 Å². The Morgan fingerprint density at radius 2 is 2.07 bits per heavy atom. The van der Waals surface area contributed by atoms with Crippen LogP contribution in [0.4, 0.5) is 0 Å². The van der Waals surface area contributed by atoms with Gasteiger partial charge in [-0.25, -0.2) is 0 Å². The molecule has 0 aromatic heterocycles. The first-order valence-electron chi connectivity index (χ1n) is 9.64. The Morgan fingerprint density at radius 3 is 2.78 bits per heavy atom. The van der Waals surface area contributed by atoms with E-state index in [0.29, 0.717) is 32.7 Å². The average molecular weight is 375 g/mol. The van der Waals surface area contributed by atoms with E-state index in [2.05, 4.69) is 10.2 Å². The Hall–Kier alpha value is -2.12. The van der Waals surface area contributed by atoms with E-state index < -0.39 is 6.04 Å². The molecule has 0 spiro atoms. The number of piperidine rings is 1. The number of aliphatic hydroxyl groups is 1. The van der Waals surface area contributed by atoms with Gasteiger partial charge in [0.05, 0.1) is 19.6 Å². The second-order valence-electron chi connectivity index (χ2n) is 7.34. The Labute approximate surface area is 160 Å². The molecule has 2 aliphatic heterocycles. The number of aliphatic hydroxyl groups excluding tert-OH is 1. The molecule has 1 aromatic rings. The monoisotopic (exact) mass is 375 g/mol. The van der Waals surface area contributed by atoms with Gasteiger partial charge in [0, 0.05) is 39.3 Å². The highest BCUT2D eigenvalue weighted by atomic mass is 16.5. The van der Waals surface area contributed by atoms with Crippen LogP contribution in [0.3, 0.4) is 0 Å². The van der Waals surface area contributed by atoms with Crippen molar-refractivity contribution in [1.29, 1.82) is 0 Å². The van der Waals surface area contributed by atoms with Crippen molar-refractivity contribution in [2.75, 3.05) is 39.9 Å². The summed E-state index contributed by atoms with van der Waals surface area (Å²) in [6.45, 7) is 3.42. The number of likely N-dealkylation sites (tertiary alicyclic amines) is 1. The van der Waals surface area contributed by atoms with Gasteiger partial charge in [0.1, 0.15) is 5.75 Å². The predicted octanol–water partition coefficient (Wildman–Crippen LogP) is 0.617. The lowest BCUT2D eigenvalue weighted by atomic mass is 9.97. The maximum absolute atomic E-state index is 12.7. The molecule has 7 heteroatoms. The molecule has 1 aromatic carbocycles. The third-order valence-electron chi connectivity index (χ3n) is 5.55. The van der Waals surface area contributed by atoms with Crippen LogP contribution in [0.2, 0.25) is 0 Å². The van der Waals surface area contributed by atoms with Gasteiger partial charge >= 0.3 is 0 Å². The molecule has 2 aliphatic rings. The summed E-state index contributed by atoms with van der Waals surface area (Å²) < 4.78 is 5.28. The van der Waals surface area contributed by atoms with E-state index in [-0.39, 0.29) is 30.8 Å². The van der Waals surface area contributed by atoms with Crippen LogP contribution in [0.1, 0.15) is 24.8 Å². The minimum absolute atomic E-state index is 0.0177. The highest BCUT2D eigenvalue weighted by Crippen LogP contribution is 2.21. The zero-order valence-corrected chi connectivity index (χ0v) is 15.9. The predicted molar refractivity (Wildman–Crippen MR) is 101 cm³/mol. The number of amides is 2. The number of rotatable bonds is 6. The molecule has 148 valence electrons. The van der Waals surface area contributed by atoms with E-state index in [4.69, 9.17) is 4.74 Å². The molecule has 2 heterocycles. The van der Waals surface area contributed by atoms with E-state index in [1.54, 1.807) is 7.11 Å². The molecule has 0 bridgehead atoms. The van der Waals surface area contributed by atoms with Crippen molar-refractivity contribution in [3.63, 3.8) is 0 Å². The molecule has 2 amide bonds. The highest BCUT2D eigenvalue weighted by molar-refractivity contribution is 5.88. The first kappa shape index (κ1) is 19.6. The van der Waals surface area contributed by atoms with Crippen molar-refractivity contribution in [2.24, 2.45) is 5.92 Å². The van der Waals surface area contributed by atoms with Gasteiger partial charge in [-0.3, -0.25) is 14.5 Å². The van der Waals surface area contributed by atoms with Crippen molar-refractivity contribution in [1.82, 2.24) is 15.1 Å². The summed E-state index contributed by atoms with van der Waals surface area (Å²) in [5, 5.41) is 12.1. The van der Waals surface area contributed by atoms with Gasteiger partial charge in [0.15, 0.2) is 0 Å². The third-order valence-corrected chi connectivity index (χ3v) is 5.55. The molecule has 0 saturated carbocycles. The summed E-state index contributed by atoms with van der Waals surface area (Å²) in [6.07, 6.45) is 1.85. The van der Waals surface area contributed by atoms with Crippen LogP contribution in [-0.2, 0) is 16.1 Å². The van der Waals surface area contributed by atoms with Crippen LogP contribution < -0.4 is 10.1 Å². The number of nitrogens with zero attached hydrogens (tertiary/aromatic N) is 2. The zero-order valence-electron chi connectivity index (χ0n) is 15.9. The standard InChI is InChI=1S/C20H29N3O4/c1-27-17-4-2-3-16(11-17)13-23-10-7-21-20(26)18(23)12-19(25)22-8-5-15(14-24)6-9-22/h2-4,11,15,18,24H,5-10,12-14H2,1H3,(H,21,26). The first-order chi connectivity index (χ1) is 13.1. The van der Waals surface area contributed by atoms with Crippen molar-refractivity contribution < 1.29 is 19.4 Å². The highest BCUT2D eigenvalue weighted by Gasteiger charge is 2.33. The maximum atomic E-state index is 12.7. The Morgan fingerprint density at radius 1 is 1.30 bits per heavy atom. The number of piperazine rings is 1. The number of carbonyl (C=O) groups excluding carboxylic acids is 2. The third kappa shape index (κ3) is 4.99. The number of benzene rings is 1. The van der Waals surface area contributed by atoms with Crippen LogP contribution in [0.25, 0.3) is 0 Å². The molecular weight excluding hydrogens is 346 g/mol. The lowest BCUT2D eigenvalue weighted by molar-refractivity contribution is -0.140. The number of ether oxygens (including phenoxy) is 1. The van der Waals surface area contributed by atoms with Crippen molar-refractivity contribution in [2.45, 2.75) is 31.8 Å². The van der Waals surface area contributed by atoms with E-state index in [0.717, 1.165) is 24.2 Å². The molecule has 1 atom stereocenters. The lowest BCUT2D eigenvalue weighted by Crippen LogP contribution is -2.56. The maximum Gasteiger partial charge on any atom is 0.237 e. The molecule has 1 unspecified atom stereocenters. The van der Waals surface area contributed by atoms with Crippen LogP contribution in [-0.4, -0.2) is 72.7 Å². The van der Waals surface area contributed by atoms with Crippen LogP contribution in [0.15, 0.2) is 24.3 Å². The van der Waals surface area contributed by atoms with E-state index in [1.807, 2.05) is 29.2 Å². The number of carbonyl (C=O) groups is 2. The molecule has 27 heavy (non-hydrogen) atoms. The summed E-state index contributed by atoms with van der Waals surface area (Å²) in [6, 6.07) is 7.35. The SMILES string of the molecule is COc1cccc(CN2CCNC(=O)C2CC(=O)N2CCC(CO)CC2)c1. The van der Waals surface area contributed by atoms with Gasteiger partial charge in [0.2, 0.25) is 11.8 Å². The number of hydrogen-bond acceptors (Lipinski definition) is 5. The van der Waals surface area contributed by atoms with Crippen molar-refractivity contribution >= 4 is 11.8 Å². The summed E-state index contributed by atoms with van der Waals surface area (Å²) in [5.74, 6) is 1.01. The Balaban J connectivity index is 1.63. The Kier molecular flexibility index (Phi) is 6.68. The van der Waals surface area contributed by atoms with E-state index in [1.165, 1.54) is 0 Å². The van der Waals surface area contributed by atoms with Gasteiger partial charge in [-0.05, 0) is 36.5 Å². The summed E-state index contributed by atoms with van der Waals surface area (Å²) in [7, 11) is 1.63. The molecule has 0 radical (unpaired) electrons.